The van der Waals surface area contributed by atoms with Crippen molar-refractivity contribution in [1.82, 2.24) is 15.1 Å². The number of aromatic nitrogens is 2. The first-order valence-corrected chi connectivity index (χ1v) is 13.9. The van der Waals surface area contributed by atoms with Crippen LogP contribution < -0.4 is 5.32 Å². The molecule has 5 rings (SSSR count). The smallest absolute Gasteiger partial charge is 0.328 e. The van der Waals surface area contributed by atoms with E-state index >= 15 is 0 Å². The van der Waals surface area contributed by atoms with Crippen molar-refractivity contribution in [2.75, 3.05) is 0 Å². The number of carboxylic acids is 1. The van der Waals surface area contributed by atoms with Gasteiger partial charge in [-0.2, -0.15) is 5.10 Å². The molecule has 8 heteroatoms. The molecule has 7 nitrogen and oxygen atoms in total. The minimum Gasteiger partial charge on any atom is -0.480 e. The number of fused-ring (bicyclic) bond motifs is 2. The van der Waals surface area contributed by atoms with Gasteiger partial charge < -0.3 is 15.5 Å². The third-order valence-corrected chi connectivity index (χ3v) is 8.78. The molecule has 1 amide bonds. The van der Waals surface area contributed by atoms with Gasteiger partial charge in [0, 0.05) is 11.0 Å². The Bertz CT molecular complexity index is 1480. The summed E-state index contributed by atoms with van der Waals surface area (Å²) in [6.45, 7) is 5.04. The summed E-state index contributed by atoms with van der Waals surface area (Å²) in [4.78, 5) is 24.6. The molecular formula is C32H36FN3O4. The highest BCUT2D eigenvalue weighted by Crippen LogP contribution is 2.59. The quantitative estimate of drug-likeness (QED) is 0.330. The third-order valence-electron chi connectivity index (χ3n) is 8.78. The Morgan fingerprint density at radius 1 is 1.12 bits per heavy atom. The van der Waals surface area contributed by atoms with Gasteiger partial charge in [0.1, 0.15) is 11.4 Å². The molecular weight excluding hydrogens is 509 g/mol. The number of nitrogens with zero attached hydrogens (tertiary/aromatic N) is 2. The van der Waals surface area contributed by atoms with E-state index in [4.69, 9.17) is 0 Å². The van der Waals surface area contributed by atoms with Crippen molar-refractivity contribution in [1.29, 1.82) is 0 Å². The lowest BCUT2D eigenvalue weighted by Crippen LogP contribution is -2.50. The number of benzene rings is 2. The fourth-order valence-electron chi connectivity index (χ4n) is 6.55. The van der Waals surface area contributed by atoms with Gasteiger partial charge in [-0.3, -0.25) is 4.79 Å². The van der Waals surface area contributed by atoms with Gasteiger partial charge in [-0.15, -0.1) is 0 Å². The maximum absolute atomic E-state index is 13.5. The number of hydrogen-bond acceptors (Lipinski definition) is 4. The number of aliphatic carboxylic acids is 1. The molecule has 0 radical (unpaired) electrons. The number of aliphatic hydroxyl groups is 1. The summed E-state index contributed by atoms with van der Waals surface area (Å²) in [6, 6.07) is 13.5. The Labute approximate surface area is 233 Å². The third kappa shape index (κ3) is 4.74. The van der Waals surface area contributed by atoms with Gasteiger partial charge in [0.05, 0.1) is 23.2 Å². The Morgan fingerprint density at radius 3 is 2.55 bits per heavy atom. The molecule has 2 aliphatic rings. The van der Waals surface area contributed by atoms with Gasteiger partial charge in [-0.05, 0) is 99.9 Å². The molecule has 1 fully saturated rings. The molecule has 1 heterocycles. The number of carbonyl (C=O) groups is 2. The summed E-state index contributed by atoms with van der Waals surface area (Å²) in [5.41, 5.74) is 2.40. The molecule has 210 valence electrons. The number of rotatable bonds is 9. The molecule has 2 aliphatic carbocycles. The molecule has 2 aromatic carbocycles. The number of amides is 1. The van der Waals surface area contributed by atoms with E-state index in [1.54, 1.807) is 24.3 Å². The van der Waals surface area contributed by atoms with E-state index in [0.29, 0.717) is 31.2 Å². The van der Waals surface area contributed by atoms with E-state index in [-0.39, 0.29) is 5.82 Å². The first-order chi connectivity index (χ1) is 19.0. The highest BCUT2D eigenvalue weighted by molar-refractivity contribution is 5.98. The first kappa shape index (κ1) is 27.8. The van der Waals surface area contributed by atoms with Crippen LogP contribution in [0, 0.1) is 11.2 Å². The second kappa shape index (κ2) is 10.3. The average Bonchev–Trinajstić information content (AvgIpc) is 3.45. The van der Waals surface area contributed by atoms with Crippen molar-refractivity contribution in [3.05, 3.63) is 88.5 Å². The number of hydrogen-bond donors (Lipinski definition) is 3. The molecule has 2 atom stereocenters. The van der Waals surface area contributed by atoms with Crippen molar-refractivity contribution in [3.8, 4) is 5.69 Å². The molecule has 3 N–H and O–H groups in total. The topological polar surface area (TPSA) is 104 Å². The highest BCUT2D eigenvalue weighted by Gasteiger charge is 2.57. The van der Waals surface area contributed by atoms with Crippen LogP contribution in [-0.2, 0) is 17.6 Å². The second-order valence-corrected chi connectivity index (χ2v) is 11.7. The Morgan fingerprint density at radius 2 is 1.85 bits per heavy atom. The monoisotopic (exact) mass is 545 g/mol. The van der Waals surface area contributed by atoms with Gasteiger partial charge >= 0.3 is 5.97 Å². The number of aryl methyl sites for hydroxylation is 1. The predicted molar refractivity (Wildman–Crippen MR) is 151 cm³/mol. The zero-order valence-electron chi connectivity index (χ0n) is 23.2. The van der Waals surface area contributed by atoms with Gasteiger partial charge in [-0.25, -0.2) is 13.9 Å². The maximum atomic E-state index is 13.5. The van der Waals surface area contributed by atoms with E-state index in [2.05, 4.69) is 23.4 Å². The van der Waals surface area contributed by atoms with Crippen LogP contribution >= 0.6 is 0 Å². The summed E-state index contributed by atoms with van der Waals surface area (Å²) in [7, 11) is 0. The van der Waals surface area contributed by atoms with Crippen molar-refractivity contribution in [2.24, 2.45) is 5.41 Å². The van der Waals surface area contributed by atoms with E-state index in [0.717, 1.165) is 41.8 Å². The molecule has 1 saturated carbocycles. The standard InChI is InChI=1S/C32H36FN3O4/c1-4-15-31-19-22-20-34-36(25-11-9-24(33)10-12-25)27(22)18-23(31)14-17-32(31,40)16-13-21-7-5-6-8-26(21)28(37)35-30(2,3)29(38)39/h5-12,18,20,40H,4,13-17,19H2,1-3H3,(H,35,37)(H,38,39)/t31?,32-/m0/s1. The minimum atomic E-state index is -1.41. The molecule has 40 heavy (non-hydrogen) atoms. The van der Waals surface area contributed by atoms with E-state index in [1.807, 2.05) is 23.0 Å². The van der Waals surface area contributed by atoms with Crippen LogP contribution in [0.25, 0.3) is 11.8 Å². The van der Waals surface area contributed by atoms with Crippen LogP contribution in [0.2, 0.25) is 0 Å². The van der Waals surface area contributed by atoms with Crippen LogP contribution in [-0.4, -0.2) is 43.0 Å². The lowest BCUT2D eigenvalue weighted by Gasteiger charge is -2.45. The number of halogens is 1. The van der Waals surface area contributed by atoms with Gasteiger partial charge in [0.2, 0.25) is 0 Å². The summed E-state index contributed by atoms with van der Waals surface area (Å²) in [5.74, 6) is -1.85. The first-order valence-electron chi connectivity index (χ1n) is 13.9. The normalized spacial score (nSPS) is 21.9. The van der Waals surface area contributed by atoms with Crippen LogP contribution in [0.1, 0.15) is 80.1 Å². The largest absolute Gasteiger partial charge is 0.480 e. The lowest BCUT2D eigenvalue weighted by atomic mass is 9.62. The molecule has 0 saturated heterocycles. The average molecular weight is 546 g/mol. The highest BCUT2D eigenvalue weighted by atomic mass is 19.1. The minimum absolute atomic E-state index is 0.296. The van der Waals surface area contributed by atoms with Crippen LogP contribution in [0.5, 0.6) is 0 Å². The zero-order chi connectivity index (χ0) is 28.7. The molecule has 0 spiro atoms. The summed E-state index contributed by atoms with van der Waals surface area (Å²) in [5, 5.41) is 29.0. The van der Waals surface area contributed by atoms with Gasteiger partial charge in [0.15, 0.2) is 0 Å². The van der Waals surface area contributed by atoms with Crippen molar-refractivity contribution in [2.45, 2.75) is 76.9 Å². The van der Waals surface area contributed by atoms with Crippen molar-refractivity contribution >= 4 is 18.0 Å². The molecule has 3 aromatic rings. The van der Waals surface area contributed by atoms with Gasteiger partial charge in [0.25, 0.3) is 5.91 Å². The summed E-state index contributed by atoms with van der Waals surface area (Å²) >= 11 is 0. The van der Waals surface area contributed by atoms with E-state index < -0.39 is 28.4 Å². The molecule has 0 bridgehead atoms. The van der Waals surface area contributed by atoms with Crippen molar-refractivity contribution < 1.29 is 24.2 Å². The number of carbonyl (C=O) groups excluding carboxylic acids is 1. The molecule has 1 unspecified atom stereocenters. The lowest BCUT2D eigenvalue weighted by molar-refractivity contribution is -0.143. The Balaban J connectivity index is 1.42. The summed E-state index contributed by atoms with van der Waals surface area (Å²) < 4.78 is 15.4. The number of nitrogens with one attached hydrogen (secondary N) is 1. The van der Waals surface area contributed by atoms with Crippen LogP contribution in [0.15, 0.2) is 60.3 Å². The van der Waals surface area contributed by atoms with Crippen molar-refractivity contribution in [3.63, 3.8) is 0 Å². The fraction of sp³-hybridized carbons (Fsp3) is 0.406. The van der Waals surface area contributed by atoms with Crippen LogP contribution in [0.4, 0.5) is 4.39 Å². The van der Waals surface area contributed by atoms with Crippen LogP contribution in [0.3, 0.4) is 0 Å². The second-order valence-electron chi connectivity index (χ2n) is 11.7. The molecule has 0 aliphatic heterocycles. The SMILES string of the molecule is CCCC12Cc3cnn(-c4ccc(F)cc4)c3C=C1CC[C@@]2(O)CCc1ccccc1C(=O)NC(C)(C)C(=O)O. The Hall–Kier alpha value is -3.78. The Kier molecular flexibility index (Phi) is 7.17. The summed E-state index contributed by atoms with van der Waals surface area (Å²) in [6.07, 6.45) is 8.74. The maximum Gasteiger partial charge on any atom is 0.328 e. The fourth-order valence-corrected chi connectivity index (χ4v) is 6.55. The molecule has 1 aromatic heterocycles. The predicted octanol–water partition coefficient (Wildman–Crippen LogP) is 5.49. The zero-order valence-corrected chi connectivity index (χ0v) is 23.2. The van der Waals surface area contributed by atoms with Gasteiger partial charge in [-0.1, -0.05) is 37.1 Å². The van der Waals surface area contributed by atoms with E-state index in [1.165, 1.54) is 31.6 Å². The van der Waals surface area contributed by atoms with E-state index in [9.17, 15) is 24.2 Å². The number of carboxylic acid groups (broad SMARTS) is 1.